The summed E-state index contributed by atoms with van der Waals surface area (Å²) in [6.45, 7) is 9.31. The van der Waals surface area contributed by atoms with Gasteiger partial charge in [0.15, 0.2) is 0 Å². The zero-order valence-electron chi connectivity index (χ0n) is 22.4. The normalized spacial score (nSPS) is 16.6. The topological polar surface area (TPSA) is 88.9 Å². The summed E-state index contributed by atoms with van der Waals surface area (Å²) in [5.41, 5.74) is 4.66. The Morgan fingerprint density at radius 3 is 2.11 bits per heavy atom. The number of pyridine rings is 1. The number of nitrogens with zero attached hydrogens (tertiary/aromatic N) is 3. The van der Waals surface area contributed by atoms with Crippen molar-refractivity contribution in [3.05, 3.63) is 101 Å². The summed E-state index contributed by atoms with van der Waals surface area (Å²) in [6.07, 6.45) is 3.88. The van der Waals surface area contributed by atoms with E-state index in [1.165, 1.54) is 23.4 Å². The van der Waals surface area contributed by atoms with Crippen molar-refractivity contribution in [3.8, 4) is 5.75 Å². The van der Waals surface area contributed by atoms with Gasteiger partial charge in [-0.3, -0.25) is 19.6 Å². The standard InChI is InChI=1S/C31H38N4O3/c1-22(20-30(38)33-29(37)15-14-27-23(2)28(36)21-32-24(27)3)34-16-18-35(19-17-34)31(25-10-6-4-7-11-25)26-12-8-5-9-13-26/h4-15,21-22,30-31,36,38H,16-20H2,1-3H3,(H,33,37). The summed E-state index contributed by atoms with van der Waals surface area (Å²) in [7, 11) is 0. The first-order valence-electron chi connectivity index (χ1n) is 13.2. The fourth-order valence-electron chi connectivity index (χ4n) is 5.20. The van der Waals surface area contributed by atoms with Crippen molar-refractivity contribution in [1.82, 2.24) is 20.1 Å². The summed E-state index contributed by atoms with van der Waals surface area (Å²) in [6, 6.07) is 21.6. The lowest BCUT2D eigenvalue weighted by Gasteiger charge is -2.42. The van der Waals surface area contributed by atoms with Gasteiger partial charge in [-0.05, 0) is 38.0 Å². The number of nitrogens with one attached hydrogen (secondary N) is 1. The van der Waals surface area contributed by atoms with Gasteiger partial charge < -0.3 is 15.5 Å². The minimum atomic E-state index is -0.953. The van der Waals surface area contributed by atoms with E-state index in [0.29, 0.717) is 17.5 Å². The molecular weight excluding hydrogens is 476 g/mol. The van der Waals surface area contributed by atoms with Crippen LogP contribution in [0.3, 0.4) is 0 Å². The van der Waals surface area contributed by atoms with Crippen molar-refractivity contribution in [2.24, 2.45) is 0 Å². The van der Waals surface area contributed by atoms with Crippen LogP contribution in [0, 0.1) is 13.8 Å². The van der Waals surface area contributed by atoms with Gasteiger partial charge in [0, 0.05) is 61.5 Å². The quantitative estimate of drug-likeness (QED) is 0.295. The van der Waals surface area contributed by atoms with Crippen molar-refractivity contribution in [2.45, 2.75) is 45.5 Å². The number of benzene rings is 2. The Morgan fingerprint density at radius 2 is 1.53 bits per heavy atom. The van der Waals surface area contributed by atoms with Crippen LogP contribution in [0.4, 0.5) is 0 Å². The number of aliphatic hydroxyl groups is 1. The van der Waals surface area contributed by atoms with Crippen molar-refractivity contribution in [1.29, 1.82) is 0 Å². The average Bonchev–Trinajstić information content (AvgIpc) is 2.92. The van der Waals surface area contributed by atoms with Gasteiger partial charge in [-0.25, -0.2) is 0 Å². The Kier molecular flexibility index (Phi) is 9.29. The first-order chi connectivity index (χ1) is 18.3. The SMILES string of the molecule is Cc1ncc(O)c(C)c1C=CC(=O)NC(O)CC(C)N1CCN(C(c2ccccc2)c2ccccc2)CC1. The van der Waals surface area contributed by atoms with Crippen molar-refractivity contribution in [3.63, 3.8) is 0 Å². The minimum absolute atomic E-state index is 0.0865. The monoisotopic (exact) mass is 514 g/mol. The maximum Gasteiger partial charge on any atom is 0.245 e. The molecule has 0 radical (unpaired) electrons. The lowest BCUT2D eigenvalue weighted by Crippen LogP contribution is -2.52. The minimum Gasteiger partial charge on any atom is -0.506 e. The highest BCUT2D eigenvalue weighted by molar-refractivity contribution is 5.92. The highest BCUT2D eigenvalue weighted by atomic mass is 16.3. The Labute approximate surface area is 225 Å². The number of hydrogen-bond donors (Lipinski definition) is 3. The van der Waals surface area contributed by atoms with Gasteiger partial charge in [0.1, 0.15) is 12.0 Å². The molecule has 4 rings (SSSR count). The number of piperazine rings is 1. The fourth-order valence-corrected chi connectivity index (χ4v) is 5.20. The zero-order chi connectivity index (χ0) is 27.1. The lowest BCUT2D eigenvalue weighted by atomic mass is 9.96. The van der Waals surface area contributed by atoms with Gasteiger partial charge in [0.2, 0.25) is 5.91 Å². The molecule has 0 bridgehead atoms. The molecule has 1 aliphatic rings. The van der Waals surface area contributed by atoms with E-state index in [1.54, 1.807) is 13.0 Å². The molecule has 1 fully saturated rings. The van der Waals surface area contributed by atoms with Crippen LogP contribution in [0.15, 0.2) is 72.9 Å². The Hall–Kier alpha value is -3.52. The lowest BCUT2D eigenvalue weighted by molar-refractivity contribution is -0.119. The van der Waals surface area contributed by atoms with Gasteiger partial charge >= 0.3 is 0 Å². The maximum atomic E-state index is 12.4. The second-order valence-corrected chi connectivity index (χ2v) is 10.0. The number of carbonyl (C=O) groups excluding carboxylic acids is 1. The number of rotatable bonds is 9. The van der Waals surface area contributed by atoms with E-state index in [4.69, 9.17) is 0 Å². The molecule has 1 aliphatic heterocycles. The Balaban J connectivity index is 1.31. The van der Waals surface area contributed by atoms with Crippen LogP contribution < -0.4 is 5.32 Å². The van der Waals surface area contributed by atoms with Gasteiger partial charge in [0.25, 0.3) is 0 Å². The van der Waals surface area contributed by atoms with E-state index in [9.17, 15) is 15.0 Å². The van der Waals surface area contributed by atoms with Crippen LogP contribution in [-0.4, -0.2) is 69.4 Å². The van der Waals surface area contributed by atoms with Crippen LogP contribution in [0.1, 0.15) is 47.3 Å². The number of hydrogen-bond acceptors (Lipinski definition) is 6. The Bertz CT molecular complexity index is 1190. The van der Waals surface area contributed by atoms with Gasteiger partial charge in [-0.2, -0.15) is 0 Å². The van der Waals surface area contributed by atoms with Gasteiger partial charge in [-0.15, -0.1) is 0 Å². The highest BCUT2D eigenvalue weighted by Crippen LogP contribution is 2.30. The molecule has 200 valence electrons. The molecule has 2 heterocycles. The molecule has 7 nitrogen and oxygen atoms in total. The van der Waals surface area contributed by atoms with Crippen molar-refractivity contribution < 1.29 is 15.0 Å². The smallest absolute Gasteiger partial charge is 0.245 e. The third kappa shape index (κ3) is 6.86. The van der Waals surface area contributed by atoms with Gasteiger partial charge in [0.05, 0.1) is 12.2 Å². The van der Waals surface area contributed by atoms with E-state index in [2.05, 4.69) is 87.7 Å². The van der Waals surface area contributed by atoms with Crippen LogP contribution in [0.5, 0.6) is 5.75 Å². The summed E-state index contributed by atoms with van der Waals surface area (Å²) in [5, 5.41) is 23.1. The van der Waals surface area contributed by atoms with Crippen LogP contribution in [0.25, 0.3) is 6.08 Å². The average molecular weight is 515 g/mol. The maximum absolute atomic E-state index is 12.4. The highest BCUT2D eigenvalue weighted by Gasteiger charge is 2.28. The fraction of sp³-hybridized carbons (Fsp3) is 0.355. The molecule has 7 heteroatoms. The number of aromatic hydroxyl groups is 1. The number of carbonyl (C=O) groups is 1. The third-order valence-electron chi connectivity index (χ3n) is 7.40. The molecule has 1 saturated heterocycles. The van der Waals surface area contributed by atoms with E-state index < -0.39 is 6.23 Å². The predicted octanol–water partition coefficient (Wildman–Crippen LogP) is 4.04. The van der Waals surface area contributed by atoms with Crippen LogP contribution in [0.2, 0.25) is 0 Å². The molecule has 2 atom stereocenters. The molecule has 2 unspecified atom stereocenters. The van der Waals surface area contributed by atoms with Crippen LogP contribution in [-0.2, 0) is 4.79 Å². The second-order valence-electron chi connectivity index (χ2n) is 10.0. The summed E-state index contributed by atoms with van der Waals surface area (Å²) >= 11 is 0. The molecular formula is C31H38N4O3. The number of aliphatic hydroxyl groups excluding tert-OH is 1. The molecule has 0 saturated carbocycles. The molecule has 38 heavy (non-hydrogen) atoms. The second kappa shape index (κ2) is 12.8. The predicted molar refractivity (Wildman–Crippen MR) is 151 cm³/mol. The van der Waals surface area contributed by atoms with E-state index >= 15 is 0 Å². The van der Waals surface area contributed by atoms with E-state index in [-0.39, 0.29) is 23.7 Å². The Morgan fingerprint density at radius 1 is 0.974 bits per heavy atom. The number of amides is 1. The summed E-state index contributed by atoms with van der Waals surface area (Å²) in [4.78, 5) is 21.4. The molecule has 0 aliphatic carbocycles. The molecule has 1 amide bonds. The first-order valence-corrected chi connectivity index (χ1v) is 13.2. The van der Waals surface area contributed by atoms with Crippen LogP contribution >= 0.6 is 0 Å². The summed E-state index contributed by atoms with van der Waals surface area (Å²) in [5.74, 6) is -0.298. The largest absolute Gasteiger partial charge is 0.506 e. The molecule has 3 aromatic rings. The zero-order valence-corrected chi connectivity index (χ0v) is 22.4. The molecule has 2 aromatic carbocycles. The molecule has 0 spiro atoms. The third-order valence-corrected chi connectivity index (χ3v) is 7.40. The number of aryl methyl sites for hydroxylation is 1. The van der Waals surface area contributed by atoms with Gasteiger partial charge in [-0.1, -0.05) is 60.7 Å². The molecule has 1 aromatic heterocycles. The number of aromatic nitrogens is 1. The van der Waals surface area contributed by atoms with Crippen molar-refractivity contribution in [2.75, 3.05) is 26.2 Å². The van der Waals surface area contributed by atoms with Crippen molar-refractivity contribution >= 4 is 12.0 Å². The van der Waals surface area contributed by atoms with E-state index in [1.807, 2.05) is 6.92 Å². The van der Waals surface area contributed by atoms with E-state index in [0.717, 1.165) is 31.9 Å². The summed E-state index contributed by atoms with van der Waals surface area (Å²) < 4.78 is 0. The molecule has 3 N–H and O–H groups in total. The first kappa shape index (κ1) is 27.5.